The Labute approximate surface area is 162 Å². The molecule has 1 aliphatic heterocycles. The first kappa shape index (κ1) is 20.5. The number of alkyl halides is 3. The van der Waals surface area contributed by atoms with E-state index in [1.54, 1.807) is 6.92 Å². The molecule has 0 aromatic heterocycles. The van der Waals surface area contributed by atoms with Crippen molar-refractivity contribution in [1.82, 2.24) is 4.90 Å². The Morgan fingerprint density at radius 2 is 2.17 bits per heavy atom. The van der Waals surface area contributed by atoms with Crippen LogP contribution in [0.5, 0.6) is 5.75 Å². The fourth-order valence-electron chi connectivity index (χ4n) is 2.15. The number of carbonyl (C=O) groups is 1. The monoisotopic (exact) mass is 421 g/mol. The standard InChI is InChI=1S/C15H14ClF3NO2.Y/c1-2-22-9-3-4-10(12(17)7-9)13-6-5-11(16)15(21)20(13)8-14(18)19;/h3-4,7,11,14H,2,5,8H2,1H3;/q-1;. The fraction of sp³-hybridized carbons (Fsp3) is 0.400. The smallest absolute Gasteiger partial charge is 0.256 e. The van der Waals surface area contributed by atoms with Crippen LogP contribution in [0.15, 0.2) is 18.2 Å². The summed E-state index contributed by atoms with van der Waals surface area (Å²) in [6.07, 6.45) is 0.0267. The van der Waals surface area contributed by atoms with Gasteiger partial charge in [-0.15, -0.1) is 28.9 Å². The van der Waals surface area contributed by atoms with Gasteiger partial charge in [-0.2, -0.15) is 0 Å². The van der Waals surface area contributed by atoms with Crippen LogP contribution in [0.2, 0.25) is 0 Å². The van der Waals surface area contributed by atoms with Crippen molar-refractivity contribution >= 4 is 23.2 Å². The van der Waals surface area contributed by atoms with Gasteiger partial charge < -0.3 is 9.64 Å². The van der Waals surface area contributed by atoms with Crippen LogP contribution in [0, 0.1) is 11.9 Å². The first-order valence-electron chi connectivity index (χ1n) is 6.71. The van der Waals surface area contributed by atoms with E-state index in [9.17, 15) is 18.0 Å². The average molecular weight is 422 g/mol. The second kappa shape index (κ2) is 9.04. The largest absolute Gasteiger partial charge is 0.494 e. The molecule has 0 saturated carbocycles. The molecule has 1 aromatic rings. The quantitative estimate of drug-likeness (QED) is 0.538. The summed E-state index contributed by atoms with van der Waals surface area (Å²) in [7, 11) is 0. The van der Waals surface area contributed by atoms with Crippen LogP contribution in [-0.4, -0.2) is 35.8 Å². The second-order valence-electron chi connectivity index (χ2n) is 4.61. The molecule has 3 nitrogen and oxygen atoms in total. The summed E-state index contributed by atoms with van der Waals surface area (Å²) in [5.41, 5.74) is 0.00349. The van der Waals surface area contributed by atoms with Crippen LogP contribution in [0.4, 0.5) is 13.2 Å². The van der Waals surface area contributed by atoms with Crippen LogP contribution < -0.4 is 4.74 Å². The molecule has 1 heterocycles. The second-order valence-corrected chi connectivity index (χ2v) is 5.14. The molecule has 1 atom stereocenters. The van der Waals surface area contributed by atoms with Crippen molar-refractivity contribution in [3.63, 3.8) is 0 Å². The third-order valence-corrected chi connectivity index (χ3v) is 3.42. The van der Waals surface area contributed by atoms with Crippen molar-refractivity contribution in [1.29, 1.82) is 0 Å². The topological polar surface area (TPSA) is 29.5 Å². The van der Waals surface area contributed by atoms with E-state index >= 15 is 0 Å². The number of carbonyl (C=O) groups excluding carboxylic acids is 1. The van der Waals surface area contributed by atoms with Gasteiger partial charge in [0.25, 0.3) is 6.43 Å². The molecule has 0 aliphatic carbocycles. The molecule has 1 unspecified atom stereocenters. The van der Waals surface area contributed by atoms with Crippen molar-refractivity contribution < 1.29 is 55.4 Å². The van der Waals surface area contributed by atoms with Gasteiger partial charge in [-0.1, -0.05) is 6.42 Å². The zero-order valence-corrected chi connectivity index (χ0v) is 16.0. The zero-order chi connectivity index (χ0) is 16.3. The third-order valence-electron chi connectivity index (χ3n) is 3.08. The molecule has 23 heavy (non-hydrogen) atoms. The van der Waals surface area contributed by atoms with E-state index in [0.29, 0.717) is 12.4 Å². The molecule has 0 saturated heterocycles. The number of rotatable bonds is 5. The number of ether oxygens (including phenoxy) is 1. The molecule has 1 amide bonds. The van der Waals surface area contributed by atoms with Gasteiger partial charge in [-0.3, -0.25) is 4.79 Å². The van der Waals surface area contributed by atoms with E-state index in [1.165, 1.54) is 12.1 Å². The Balaban J connectivity index is 0.00000264. The number of hydrogen-bond acceptors (Lipinski definition) is 2. The van der Waals surface area contributed by atoms with Gasteiger partial charge in [0.05, 0.1) is 19.0 Å². The van der Waals surface area contributed by atoms with E-state index in [2.05, 4.69) is 6.08 Å². The molecule has 1 aliphatic rings. The minimum Gasteiger partial charge on any atom is -0.494 e. The normalized spacial score (nSPS) is 17.8. The summed E-state index contributed by atoms with van der Waals surface area (Å²) in [5.74, 6) is -1.03. The molecule has 0 bridgehead atoms. The minimum atomic E-state index is -2.76. The van der Waals surface area contributed by atoms with Crippen LogP contribution in [0.1, 0.15) is 18.9 Å². The van der Waals surface area contributed by atoms with Gasteiger partial charge in [-0.25, -0.2) is 19.2 Å². The first-order chi connectivity index (χ1) is 10.4. The Kier molecular flexibility index (Phi) is 8.04. The Bertz CT molecular complexity index is 598. The fourth-order valence-corrected chi connectivity index (χ4v) is 2.35. The Morgan fingerprint density at radius 1 is 1.48 bits per heavy atom. The molecule has 0 spiro atoms. The maximum absolute atomic E-state index is 14.2. The van der Waals surface area contributed by atoms with Crippen molar-refractivity contribution in [2.75, 3.05) is 13.2 Å². The van der Waals surface area contributed by atoms with E-state index in [4.69, 9.17) is 16.3 Å². The molecule has 0 fully saturated rings. The van der Waals surface area contributed by atoms with Crippen LogP contribution in [0.25, 0.3) is 5.70 Å². The summed E-state index contributed by atoms with van der Waals surface area (Å²) in [5, 5.41) is -0.965. The summed E-state index contributed by atoms with van der Waals surface area (Å²) in [6, 6.07) is 4.03. The van der Waals surface area contributed by atoms with Crippen LogP contribution in [-0.2, 0) is 37.5 Å². The third kappa shape index (κ3) is 4.94. The van der Waals surface area contributed by atoms with E-state index in [-0.39, 0.29) is 50.4 Å². The first-order valence-corrected chi connectivity index (χ1v) is 7.14. The van der Waals surface area contributed by atoms with Gasteiger partial charge in [0.15, 0.2) is 0 Å². The number of hydrogen-bond donors (Lipinski definition) is 0. The van der Waals surface area contributed by atoms with Crippen molar-refractivity contribution in [3.05, 3.63) is 35.7 Å². The Morgan fingerprint density at radius 3 is 2.74 bits per heavy atom. The number of nitrogens with zero attached hydrogens (tertiary/aromatic N) is 1. The molecule has 8 heteroatoms. The zero-order valence-electron chi connectivity index (χ0n) is 12.4. The average Bonchev–Trinajstić information content (AvgIpc) is 2.45. The summed E-state index contributed by atoms with van der Waals surface area (Å²) in [4.78, 5) is 12.8. The predicted octanol–water partition coefficient (Wildman–Crippen LogP) is 3.47. The number of amides is 1. The van der Waals surface area contributed by atoms with Gasteiger partial charge in [0.1, 0.15) is 11.1 Å². The number of allylic oxidation sites excluding steroid dienone is 1. The van der Waals surface area contributed by atoms with Crippen LogP contribution in [0.3, 0.4) is 0 Å². The molecule has 2 rings (SSSR count). The van der Waals surface area contributed by atoms with Crippen molar-refractivity contribution in [2.45, 2.75) is 25.1 Å². The SMILES string of the molecule is CCOc1ccc(C2=[C-]CC(Cl)C(=O)N2CC(F)F)c(F)c1.[Y]. The maximum atomic E-state index is 14.2. The molecule has 1 aromatic carbocycles. The van der Waals surface area contributed by atoms with Gasteiger partial charge in [0, 0.05) is 32.7 Å². The van der Waals surface area contributed by atoms with E-state index in [0.717, 1.165) is 11.0 Å². The van der Waals surface area contributed by atoms with E-state index < -0.39 is 30.1 Å². The number of benzene rings is 1. The van der Waals surface area contributed by atoms with Gasteiger partial charge in [0.2, 0.25) is 5.91 Å². The molecule has 0 N–H and O–H groups in total. The summed E-state index contributed by atoms with van der Waals surface area (Å²) in [6.45, 7) is 1.28. The maximum Gasteiger partial charge on any atom is 0.256 e. The molecular weight excluding hydrogens is 408 g/mol. The van der Waals surface area contributed by atoms with Crippen molar-refractivity contribution in [2.24, 2.45) is 0 Å². The summed E-state index contributed by atoms with van der Waals surface area (Å²) < 4.78 is 44.7. The Hall–Kier alpha value is -0.586. The molecule has 1 radical (unpaired) electrons. The van der Waals surface area contributed by atoms with Crippen molar-refractivity contribution in [3.8, 4) is 5.75 Å². The number of halogens is 4. The van der Waals surface area contributed by atoms with Gasteiger partial charge >= 0.3 is 0 Å². The van der Waals surface area contributed by atoms with Crippen LogP contribution >= 0.6 is 11.6 Å². The molecular formula is C15H14ClF3NO2Y-. The van der Waals surface area contributed by atoms with E-state index in [1.807, 2.05) is 0 Å². The summed E-state index contributed by atoms with van der Waals surface area (Å²) >= 11 is 5.78. The molecule has 123 valence electrons. The van der Waals surface area contributed by atoms with Gasteiger partial charge in [-0.05, 0) is 19.1 Å². The minimum absolute atomic E-state index is 0. The predicted molar refractivity (Wildman–Crippen MR) is 76.2 cm³/mol.